The lowest BCUT2D eigenvalue weighted by Gasteiger charge is -2.32. The molecule has 0 aliphatic carbocycles. The highest BCUT2D eigenvalue weighted by Crippen LogP contribution is 2.32. The van der Waals surface area contributed by atoms with E-state index in [0.717, 1.165) is 63.2 Å². The number of unbranched alkanes of at least 4 members (excludes halogenated alkanes) is 1. The largest absolute Gasteiger partial charge is 0.383 e. The molecule has 0 radical (unpaired) electrons. The Morgan fingerprint density at radius 2 is 1.71 bits per heavy atom. The summed E-state index contributed by atoms with van der Waals surface area (Å²) >= 11 is 0. The third-order valence-electron chi connectivity index (χ3n) is 6.08. The zero-order valence-electron chi connectivity index (χ0n) is 18.6. The first kappa shape index (κ1) is 21.5. The van der Waals surface area contributed by atoms with Crippen LogP contribution in [0.3, 0.4) is 0 Å². The number of aromatic nitrogens is 2. The SMILES string of the molecule is CCCCNc1nc(N)c2c(n1)N(Cc1ccc(CN3CCN(C)CC3)cc1)C(=O)C2. The fraction of sp³-hybridized carbons (Fsp3) is 0.522. The van der Waals surface area contributed by atoms with Gasteiger partial charge in [0.2, 0.25) is 11.9 Å². The quantitative estimate of drug-likeness (QED) is 0.629. The van der Waals surface area contributed by atoms with E-state index in [1.807, 2.05) is 0 Å². The van der Waals surface area contributed by atoms with E-state index in [4.69, 9.17) is 5.73 Å². The molecule has 0 bridgehead atoms. The van der Waals surface area contributed by atoms with E-state index in [0.29, 0.717) is 24.1 Å². The summed E-state index contributed by atoms with van der Waals surface area (Å²) in [5, 5.41) is 3.22. The van der Waals surface area contributed by atoms with Crippen LogP contribution in [0.5, 0.6) is 0 Å². The Morgan fingerprint density at radius 1 is 1.03 bits per heavy atom. The summed E-state index contributed by atoms with van der Waals surface area (Å²) in [6.45, 7) is 8.83. The molecule has 8 nitrogen and oxygen atoms in total. The number of carbonyl (C=O) groups excluding carboxylic acids is 1. The van der Waals surface area contributed by atoms with Crippen molar-refractivity contribution in [2.24, 2.45) is 0 Å². The average Bonchev–Trinajstić information content (AvgIpc) is 3.07. The molecule has 31 heavy (non-hydrogen) atoms. The van der Waals surface area contributed by atoms with Crippen LogP contribution in [0, 0.1) is 0 Å². The Bertz CT molecular complexity index is 907. The number of likely N-dealkylation sites (N-methyl/N-ethyl adjacent to an activating group) is 1. The van der Waals surface area contributed by atoms with E-state index in [1.165, 1.54) is 5.56 Å². The predicted molar refractivity (Wildman–Crippen MR) is 124 cm³/mol. The number of nitrogens with two attached hydrogens (primary N) is 1. The van der Waals surface area contributed by atoms with Gasteiger partial charge in [-0.1, -0.05) is 37.6 Å². The van der Waals surface area contributed by atoms with E-state index in [-0.39, 0.29) is 12.3 Å². The number of anilines is 3. The first-order chi connectivity index (χ1) is 15.0. The summed E-state index contributed by atoms with van der Waals surface area (Å²) in [6.07, 6.45) is 2.38. The highest BCUT2D eigenvalue weighted by Gasteiger charge is 2.32. The summed E-state index contributed by atoms with van der Waals surface area (Å²) in [5.74, 6) is 1.54. The van der Waals surface area contributed by atoms with Crippen LogP contribution in [0.15, 0.2) is 24.3 Å². The Labute approximate surface area is 184 Å². The average molecular weight is 424 g/mol. The third-order valence-corrected chi connectivity index (χ3v) is 6.08. The van der Waals surface area contributed by atoms with Crippen LogP contribution in [0.1, 0.15) is 36.5 Å². The van der Waals surface area contributed by atoms with Gasteiger partial charge in [0.25, 0.3) is 0 Å². The maximum Gasteiger partial charge on any atom is 0.233 e. The Hall–Kier alpha value is -2.71. The summed E-state index contributed by atoms with van der Waals surface area (Å²) in [5.41, 5.74) is 9.25. The molecule has 2 aromatic rings. The molecule has 3 heterocycles. The molecule has 0 spiro atoms. The van der Waals surface area contributed by atoms with Crippen molar-refractivity contribution in [1.82, 2.24) is 19.8 Å². The number of nitrogens with one attached hydrogen (secondary N) is 1. The third kappa shape index (κ3) is 5.14. The molecule has 2 aliphatic heterocycles. The Kier molecular flexibility index (Phi) is 6.67. The second-order valence-corrected chi connectivity index (χ2v) is 8.57. The van der Waals surface area contributed by atoms with Crippen LogP contribution >= 0.6 is 0 Å². The number of nitrogen functional groups attached to an aromatic ring is 1. The van der Waals surface area contributed by atoms with Gasteiger partial charge < -0.3 is 16.0 Å². The predicted octanol–water partition coefficient (Wildman–Crippen LogP) is 2.11. The monoisotopic (exact) mass is 423 g/mol. The number of rotatable bonds is 8. The van der Waals surface area contributed by atoms with Gasteiger partial charge in [-0.15, -0.1) is 0 Å². The van der Waals surface area contributed by atoms with Crippen molar-refractivity contribution in [1.29, 1.82) is 0 Å². The van der Waals surface area contributed by atoms with Crippen molar-refractivity contribution in [2.75, 3.05) is 55.7 Å². The maximum atomic E-state index is 12.7. The van der Waals surface area contributed by atoms with Crippen molar-refractivity contribution in [3.8, 4) is 0 Å². The van der Waals surface area contributed by atoms with Gasteiger partial charge in [0, 0.05) is 44.8 Å². The van der Waals surface area contributed by atoms with E-state index < -0.39 is 0 Å². The molecule has 0 saturated carbocycles. The van der Waals surface area contributed by atoms with Gasteiger partial charge in [-0.25, -0.2) is 0 Å². The molecule has 0 atom stereocenters. The molecular weight excluding hydrogens is 390 g/mol. The normalized spacial score (nSPS) is 17.2. The van der Waals surface area contributed by atoms with E-state index in [9.17, 15) is 4.79 Å². The zero-order chi connectivity index (χ0) is 21.8. The number of benzene rings is 1. The maximum absolute atomic E-state index is 12.7. The van der Waals surface area contributed by atoms with Gasteiger partial charge in [-0.05, 0) is 24.6 Å². The molecular formula is C23H33N7O. The number of carbonyl (C=O) groups is 1. The topological polar surface area (TPSA) is 90.6 Å². The summed E-state index contributed by atoms with van der Waals surface area (Å²) in [6, 6.07) is 8.56. The molecule has 0 unspecified atom stereocenters. The minimum Gasteiger partial charge on any atom is -0.383 e. The first-order valence-corrected chi connectivity index (χ1v) is 11.2. The molecule has 1 aromatic carbocycles. The van der Waals surface area contributed by atoms with Crippen LogP contribution in [0.2, 0.25) is 0 Å². The van der Waals surface area contributed by atoms with Crippen LogP contribution in [0.4, 0.5) is 17.6 Å². The van der Waals surface area contributed by atoms with Gasteiger partial charge in [-0.2, -0.15) is 9.97 Å². The van der Waals surface area contributed by atoms with Crippen LogP contribution in [-0.2, 0) is 24.3 Å². The van der Waals surface area contributed by atoms with E-state index in [2.05, 4.69) is 63.3 Å². The summed E-state index contributed by atoms with van der Waals surface area (Å²) in [7, 11) is 2.17. The number of nitrogens with zero attached hydrogens (tertiary/aromatic N) is 5. The van der Waals surface area contributed by atoms with Gasteiger partial charge in [0.1, 0.15) is 11.6 Å². The number of hydrogen-bond donors (Lipinski definition) is 2. The zero-order valence-corrected chi connectivity index (χ0v) is 18.6. The minimum absolute atomic E-state index is 0.0169. The van der Waals surface area contributed by atoms with Crippen LogP contribution in [0.25, 0.3) is 0 Å². The lowest BCUT2D eigenvalue weighted by atomic mass is 10.1. The van der Waals surface area contributed by atoms with E-state index in [1.54, 1.807) is 4.90 Å². The summed E-state index contributed by atoms with van der Waals surface area (Å²) < 4.78 is 0. The van der Waals surface area contributed by atoms with Crippen molar-refractivity contribution < 1.29 is 4.79 Å². The fourth-order valence-electron chi connectivity index (χ4n) is 4.06. The van der Waals surface area contributed by atoms with E-state index >= 15 is 0 Å². The molecule has 3 N–H and O–H groups in total. The number of hydrogen-bond acceptors (Lipinski definition) is 7. The van der Waals surface area contributed by atoms with Crippen molar-refractivity contribution in [3.05, 3.63) is 41.0 Å². The lowest BCUT2D eigenvalue weighted by molar-refractivity contribution is -0.117. The van der Waals surface area contributed by atoms with Crippen LogP contribution in [-0.4, -0.2) is 65.4 Å². The second kappa shape index (κ2) is 9.62. The molecule has 4 rings (SSSR count). The molecule has 1 amide bonds. The van der Waals surface area contributed by atoms with Crippen molar-refractivity contribution in [2.45, 2.75) is 39.3 Å². The van der Waals surface area contributed by atoms with Gasteiger partial charge in [0.15, 0.2) is 0 Å². The Morgan fingerprint density at radius 3 is 2.39 bits per heavy atom. The van der Waals surface area contributed by atoms with Gasteiger partial charge in [-0.3, -0.25) is 14.6 Å². The van der Waals surface area contributed by atoms with Crippen LogP contribution < -0.4 is 16.0 Å². The Balaban J connectivity index is 1.43. The highest BCUT2D eigenvalue weighted by atomic mass is 16.2. The smallest absolute Gasteiger partial charge is 0.233 e. The van der Waals surface area contributed by atoms with Gasteiger partial charge in [0.05, 0.1) is 13.0 Å². The molecule has 1 fully saturated rings. The second-order valence-electron chi connectivity index (χ2n) is 8.57. The van der Waals surface area contributed by atoms with Gasteiger partial charge >= 0.3 is 0 Å². The summed E-state index contributed by atoms with van der Waals surface area (Å²) in [4.78, 5) is 28.2. The molecule has 8 heteroatoms. The number of amides is 1. The number of piperazine rings is 1. The first-order valence-electron chi connectivity index (χ1n) is 11.2. The standard InChI is InChI=1S/C23H33N7O/c1-3-4-9-25-23-26-21(24)19-14-20(31)30(22(19)27-23)16-18-7-5-17(6-8-18)15-29-12-10-28(2)11-13-29/h5-8H,3-4,9-16H2,1-2H3,(H3,24,25,26,27). The van der Waals surface area contributed by atoms with Crippen molar-refractivity contribution in [3.63, 3.8) is 0 Å². The molecule has 1 saturated heterocycles. The minimum atomic E-state index is 0.0169. The molecule has 2 aliphatic rings. The molecule has 166 valence electrons. The fourth-order valence-corrected chi connectivity index (χ4v) is 4.06. The number of fused-ring (bicyclic) bond motifs is 1. The highest BCUT2D eigenvalue weighted by molar-refractivity contribution is 6.01. The lowest BCUT2D eigenvalue weighted by Crippen LogP contribution is -2.43. The molecule has 1 aromatic heterocycles. The van der Waals surface area contributed by atoms with Crippen molar-refractivity contribution >= 4 is 23.5 Å².